The summed E-state index contributed by atoms with van der Waals surface area (Å²) in [6.45, 7) is 0. The van der Waals surface area contributed by atoms with Gasteiger partial charge < -0.3 is 9.47 Å². The molecule has 2 heterocycles. The van der Waals surface area contributed by atoms with Gasteiger partial charge in [0.15, 0.2) is 0 Å². The Labute approximate surface area is 370 Å². The van der Waals surface area contributed by atoms with Gasteiger partial charge in [0.1, 0.15) is 0 Å². The fraction of sp³-hybridized carbons (Fsp3) is 0. The number of hydrogen-bond donors (Lipinski definition) is 0. The van der Waals surface area contributed by atoms with Gasteiger partial charge in [-0.25, -0.2) is 0 Å². The van der Waals surface area contributed by atoms with Crippen LogP contribution in [-0.4, -0.2) is 4.57 Å². The van der Waals surface area contributed by atoms with Crippen LogP contribution in [0.15, 0.2) is 243 Å². The molecule has 2 aromatic heterocycles. The van der Waals surface area contributed by atoms with Crippen molar-refractivity contribution in [2.75, 3.05) is 4.90 Å². The van der Waals surface area contributed by atoms with Crippen molar-refractivity contribution >= 4 is 70.4 Å². The molecule has 0 spiro atoms. The summed E-state index contributed by atoms with van der Waals surface area (Å²) < 4.78 is 5.07. The van der Waals surface area contributed by atoms with E-state index in [4.69, 9.17) is 0 Å². The molecule has 0 fully saturated rings. The lowest BCUT2D eigenvalue weighted by molar-refractivity contribution is 1.18. The second-order valence-corrected chi connectivity index (χ2v) is 17.1. The minimum atomic E-state index is 1.08. The third kappa shape index (κ3) is 6.41. The summed E-state index contributed by atoms with van der Waals surface area (Å²) in [4.78, 5) is 2.45. The summed E-state index contributed by atoms with van der Waals surface area (Å²) in [6, 6.07) is 88.4. The molecular formula is C60H40N2S. The minimum absolute atomic E-state index is 1.08. The smallest absolute Gasteiger partial charge is 0.0562 e. The SMILES string of the molecule is c1ccc(-c2ccc(N(c3ccc4c5ccccc5n(-c5ccccc5-c5cccc(-c6ccccc6)c5)c4c3)c3ccccc3-c3cccc4c3sc3ccccc34)cc2)cc1. The summed E-state index contributed by atoms with van der Waals surface area (Å²) in [5.41, 5.74) is 16.3. The Kier molecular flexibility index (Phi) is 9.06. The number of nitrogens with zero attached hydrogens (tertiary/aromatic N) is 2. The first-order chi connectivity index (χ1) is 31.3. The topological polar surface area (TPSA) is 8.17 Å². The number of thiophene rings is 1. The van der Waals surface area contributed by atoms with Crippen molar-refractivity contribution in [2.45, 2.75) is 0 Å². The fourth-order valence-electron chi connectivity index (χ4n) is 9.48. The minimum Gasteiger partial charge on any atom is -0.310 e. The number of fused-ring (bicyclic) bond motifs is 6. The molecule has 2 nitrogen and oxygen atoms in total. The highest BCUT2D eigenvalue weighted by molar-refractivity contribution is 7.26. The van der Waals surface area contributed by atoms with Gasteiger partial charge >= 0.3 is 0 Å². The highest BCUT2D eigenvalue weighted by atomic mass is 32.1. The molecule has 0 saturated heterocycles. The number of para-hydroxylation sites is 3. The van der Waals surface area contributed by atoms with Gasteiger partial charge in [0, 0.05) is 59.0 Å². The molecule has 0 amide bonds. The average Bonchev–Trinajstić information content (AvgIpc) is 3.91. The van der Waals surface area contributed by atoms with Gasteiger partial charge in [0.2, 0.25) is 0 Å². The maximum Gasteiger partial charge on any atom is 0.0562 e. The van der Waals surface area contributed by atoms with Gasteiger partial charge in [-0.05, 0) is 82.4 Å². The number of anilines is 3. The molecule has 0 aliphatic heterocycles. The highest BCUT2D eigenvalue weighted by Gasteiger charge is 2.22. The fourth-order valence-corrected chi connectivity index (χ4v) is 10.7. The first kappa shape index (κ1) is 36.8. The quantitative estimate of drug-likeness (QED) is 0.148. The summed E-state index contributed by atoms with van der Waals surface area (Å²) >= 11 is 1.88. The standard InChI is InChI=1S/C60H40N2S/c1-3-17-41(18-4-1)43-33-35-46(36-34-43)61(56-30-12-9-25-50(56)53-27-16-28-54-52-26-10-14-32-59(52)63-60(53)54)47-37-38-51-49-24-8-13-31-57(49)62(58(51)40-47)55-29-11-7-23-48(55)45-22-15-21-44(39-45)42-19-5-2-6-20-42/h1-40H. The van der Waals surface area contributed by atoms with E-state index in [1.807, 2.05) is 11.3 Å². The van der Waals surface area contributed by atoms with Gasteiger partial charge in [0.25, 0.3) is 0 Å². The molecule has 10 aromatic carbocycles. The lowest BCUT2D eigenvalue weighted by atomic mass is 9.98. The first-order valence-electron chi connectivity index (χ1n) is 21.5. The van der Waals surface area contributed by atoms with Crippen LogP contribution in [0.5, 0.6) is 0 Å². The zero-order valence-corrected chi connectivity index (χ0v) is 35.2. The van der Waals surface area contributed by atoms with Gasteiger partial charge in [-0.2, -0.15) is 0 Å². The predicted molar refractivity (Wildman–Crippen MR) is 270 cm³/mol. The first-order valence-corrected chi connectivity index (χ1v) is 22.3. The Balaban J connectivity index is 1.08. The lowest BCUT2D eigenvalue weighted by Gasteiger charge is -2.28. The van der Waals surface area contributed by atoms with E-state index in [0.717, 1.165) is 28.3 Å². The number of hydrogen-bond acceptors (Lipinski definition) is 2. The van der Waals surface area contributed by atoms with E-state index in [9.17, 15) is 0 Å². The number of rotatable bonds is 8. The Morgan fingerprint density at radius 3 is 1.70 bits per heavy atom. The Bertz CT molecular complexity index is 3620. The van der Waals surface area contributed by atoms with Gasteiger partial charge in [0.05, 0.1) is 22.4 Å². The average molecular weight is 821 g/mol. The van der Waals surface area contributed by atoms with Gasteiger partial charge in [-0.1, -0.05) is 188 Å². The molecule has 63 heavy (non-hydrogen) atoms. The van der Waals surface area contributed by atoms with E-state index < -0.39 is 0 Å². The van der Waals surface area contributed by atoms with Crippen LogP contribution in [0, 0.1) is 0 Å². The molecular weight excluding hydrogens is 781 g/mol. The normalized spacial score (nSPS) is 11.5. The van der Waals surface area contributed by atoms with Crippen LogP contribution in [0.1, 0.15) is 0 Å². The summed E-state index contributed by atoms with van der Waals surface area (Å²) in [7, 11) is 0. The van der Waals surface area contributed by atoms with Crippen LogP contribution >= 0.6 is 11.3 Å². The van der Waals surface area contributed by atoms with Crippen LogP contribution in [0.3, 0.4) is 0 Å². The van der Waals surface area contributed by atoms with Crippen LogP contribution in [0.2, 0.25) is 0 Å². The van der Waals surface area contributed by atoms with Crippen LogP contribution in [0.4, 0.5) is 17.1 Å². The third-order valence-corrected chi connectivity index (χ3v) is 13.6. The maximum atomic E-state index is 2.47. The molecule has 0 aliphatic carbocycles. The van der Waals surface area contributed by atoms with Crippen molar-refractivity contribution < 1.29 is 0 Å². The van der Waals surface area contributed by atoms with E-state index in [-0.39, 0.29) is 0 Å². The van der Waals surface area contributed by atoms with Gasteiger partial charge in [-0.3, -0.25) is 0 Å². The molecule has 0 atom stereocenters. The molecule has 296 valence electrons. The second-order valence-electron chi connectivity index (χ2n) is 16.1. The highest BCUT2D eigenvalue weighted by Crippen LogP contribution is 2.47. The van der Waals surface area contributed by atoms with Crippen molar-refractivity contribution in [3.05, 3.63) is 243 Å². The number of benzene rings is 10. The molecule has 0 unspecified atom stereocenters. The monoisotopic (exact) mass is 820 g/mol. The molecule has 0 N–H and O–H groups in total. The largest absolute Gasteiger partial charge is 0.310 e. The molecule has 0 radical (unpaired) electrons. The summed E-state index contributed by atoms with van der Waals surface area (Å²) in [6.07, 6.45) is 0. The predicted octanol–water partition coefficient (Wildman–Crippen LogP) is 17.3. The molecule has 12 aromatic rings. The molecule has 0 aliphatic rings. The summed E-state index contributed by atoms with van der Waals surface area (Å²) in [5.74, 6) is 0. The van der Waals surface area contributed by atoms with Crippen LogP contribution in [-0.2, 0) is 0 Å². The molecule has 3 heteroatoms. The van der Waals surface area contributed by atoms with Crippen molar-refractivity contribution in [2.24, 2.45) is 0 Å². The van der Waals surface area contributed by atoms with Crippen molar-refractivity contribution in [1.82, 2.24) is 4.57 Å². The Morgan fingerprint density at radius 1 is 0.317 bits per heavy atom. The van der Waals surface area contributed by atoms with Crippen LogP contribution < -0.4 is 4.90 Å². The zero-order chi connectivity index (χ0) is 41.7. The van der Waals surface area contributed by atoms with Crippen molar-refractivity contribution in [3.63, 3.8) is 0 Å². The second kappa shape index (κ2) is 15.5. The molecule has 12 rings (SSSR count). The van der Waals surface area contributed by atoms with Crippen molar-refractivity contribution in [3.8, 4) is 50.2 Å². The van der Waals surface area contributed by atoms with E-state index in [1.165, 1.54) is 81.0 Å². The van der Waals surface area contributed by atoms with E-state index in [1.54, 1.807) is 0 Å². The lowest BCUT2D eigenvalue weighted by Crippen LogP contribution is -2.11. The Morgan fingerprint density at radius 2 is 0.873 bits per heavy atom. The maximum absolute atomic E-state index is 2.47. The van der Waals surface area contributed by atoms with Crippen LogP contribution in [0.25, 0.3) is 92.2 Å². The van der Waals surface area contributed by atoms with E-state index >= 15 is 0 Å². The zero-order valence-electron chi connectivity index (χ0n) is 34.4. The summed E-state index contributed by atoms with van der Waals surface area (Å²) in [5, 5.41) is 5.03. The molecule has 0 bridgehead atoms. The van der Waals surface area contributed by atoms with Crippen molar-refractivity contribution in [1.29, 1.82) is 0 Å². The number of aromatic nitrogens is 1. The molecule has 0 saturated carbocycles. The van der Waals surface area contributed by atoms with Gasteiger partial charge in [-0.15, -0.1) is 11.3 Å². The third-order valence-electron chi connectivity index (χ3n) is 12.4. The Hall–Kier alpha value is -7.98. The van der Waals surface area contributed by atoms with E-state index in [2.05, 4.69) is 252 Å². The van der Waals surface area contributed by atoms with E-state index in [0.29, 0.717) is 0 Å².